The summed E-state index contributed by atoms with van der Waals surface area (Å²) in [6.07, 6.45) is 3.60. The lowest BCUT2D eigenvalue weighted by Gasteiger charge is -2.31. The average molecular weight is 496 g/mol. The van der Waals surface area contributed by atoms with E-state index in [4.69, 9.17) is 4.74 Å². The van der Waals surface area contributed by atoms with Crippen LogP contribution in [0.2, 0.25) is 0 Å². The van der Waals surface area contributed by atoms with Crippen LogP contribution < -0.4 is 5.32 Å². The summed E-state index contributed by atoms with van der Waals surface area (Å²) in [6, 6.07) is 12.3. The minimum atomic E-state index is -0.910. The molecule has 1 N–H and O–H groups in total. The van der Waals surface area contributed by atoms with E-state index in [2.05, 4.69) is 10.2 Å². The molecule has 36 heavy (non-hydrogen) atoms. The minimum Gasteiger partial charge on any atom is -0.436 e. The fraction of sp³-hybridized carbons (Fsp3) is 0.429. The number of carbonyl (C=O) groups excluding carboxylic acids is 2. The Morgan fingerprint density at radius 1 is 1.03 bits per heavy atom. The number of benzene rings is 2. The Balaban J connectivity index is 1.36. The van der Waals surface area contributed by atoms with E-state index in [1.54, 1.807) is 11.0 Å². The van der Waals surface area contributed by atoms with Crippen LogP contribution in [0.15, 0.2) is 54.6 Å². The van der Waals surface area contributed by atoms with Crippen LogP contribution in [0.3, 0.4) is 0 Å². The average Bonchev–Trinajstić information content (AvgIpc) is 3.63. The standard InChI is InChI=1S/C28H31F2N3O3/c1-32-13-11-22(12-14-32)31-28(35)36-26(19-7-8-19)27(34)33-17-20(23-16-21(29)9-10-24(23)30)15-25(33)18-5-3-2-4-6-18/h2-6,9-10,15-16,19,22,25-26H,7-8,11-14,17H2,1H3,(H,31,35)/t25-,26?/m0/s1. The Hall–Kier alpha value is -3.26. The Kier molecular flexibility index (Phi) is 7.05. The summed E-state index contributed by atoms with van der Waals surface area (Å²) in [5.41, 5.74) is 1.51. The van der Waals surface area contributed by atoms with Crippen LogP contribution in [0.4, 0.5) is 13.6 Å². The predicted molar refractivity (Wildman–Crippen MR) is 132 cm³/mol. The van der Waals surface area contributed by atoms with Crippen LogP contribution >= 0.6 is 0 Å². The normalized spacial score (nSPS) is 21.7. The van der Waals surface area contributed by atoms with Gasteiger partial charge < -0.3 is 19.9 Å². The predicted octanol–water partition coefficient (Wildman–Crippen LogP) is 4.53. The first kappa shape index (κ1) is 24.4. The zero-order valence-electron chi connectivity index (χ0n) is 20.3. The summed E-state index contributed by atoms with van der Waals surface area (Å²) >= 11 is 0. The highest BCUT2D eigenvalue weighted by atomic mass is 19.1. The molecule has 2 amide bonds. The monoisotopic (exact) mass is 495 g/mol. The molecule has 5 rings (SSSR count). The minimum absolute atomic E-state index is 0.0248. The van der Waals surface area contributed by atoms with Crippen molar-refractivity contribution in [3.63, 3.8) is 0 Å². The van der Waals surface area contributed by atoms with E-state index in [0.29, 0.717) is 5.57 Å². The smallest absolute Gasteiger partial charge is 0.408 e. The SMILES string of the molecule is CN1CCC(NC(=O)OC(C(=O)N2CC(c3cc(F)ccc3F)=C[C@H]2c2ccccc2)C2CC2)CC1. The van der Waals surface area contributed by atoms with E-state index in [1.165, 1.54) is 0 Å². The second-order valence-corrected chi connectivity index (χ2v) is 10.0. The maximum atomic E-state index is 14.6. The van der Waals surface area contributed by atoms with Crippen molar-refractivity contribution in [2.45, 2.75) is 43.9 Å². The van der Waals surface area contributed by atoms with Gasteiger partial charge in [-0.25, -0.2) is 13.6 Å². The lowest BCUT2D eigenvalue weighted by Crippen LogP contribution is -2.47. The molecule has 2 aromatic rings. The first-order valence-electron chi connectivity index (χ1n) is 12.6. The van der Waals surface area contributed by atoms with Crippen LogP contribution in [0, 0.1) is 17.6 Å². The number of nitrogens with zero attached hydrogens (tertiary/aromatic N) is 2. The number of halogens is 2. The van der Waals surface area contributed by atoms with Gasteiger partial charge in [-0.1, -0.05) is 36.4 Å². The molecule has 0 spiro atoms. The van der Waals surface area contributed by atoms with Crippen LogP contribution in [0.5, 0.6) is 0 Å². The van der Waals surface area contributed by atoms with Gasteiger partial charge in [0.05, 0.1) is 6.04 Å². The fourth-order valence-corrected chi connectivity index (χ4v) is 5.05. The summed E-state index contributed by atoms with van der Waals surface area (Å²) in [5, 5.41) is 2.93. The highest BCUT2D eigenvalue weighted by Gasteiger charge is 2.44. The van der Waals surface area contributed by atoms with Gasteiger partial charge >= 0.3 is 6.09 Å². The molecule has 2 aromatic carbocycles. The van der Waals surface area contributed by atoms with Gasteiger partial charge in [0.15, 0.2) is 6.10 Å². The summed E-state index contributed by atoms with van der Waals surface area (Å²) in [7, 11) is 2.05. The van der Waals surface area contributed by atoms with Crippen LogP contribution in [-0.2, 0) is 9.53 Å². The van der Waals surface area contributed by atoms with Gasteiger partial charge in [0.1, 0.15) is 11.6 Å². The zero-order chi connectivity index (χ0) is 25.2. The Labute approximate surface area is 209 Å². The van der Waals surface area contributed by atoms with Crippen molar-refractivity contribution in [3.05, 3.63) is 77.4 Å². The quantitative estimate of drug-likeness (QED) is 0.640. The van der Waals surface area contributed by atoms with Gasteiger partial charge in [-0.05, 0) is 75.2 Å². The van der Waals surface area contributed by atoms with Crippen molar-refractivity contribution in [1.82, 2.24) is 15.1 Å². The van der Waals surface area contributed by atoms with Crippen molar-refractivity contribution in [3.8, 4) is 0 Å². The van der Waals surface area contributed by atoms with E-state index in [0.717, 1.165) is 62.5 Å². The van der Waals surface area contributed by atoms with Crippen molar-refractivity contribution >= 4 is 17.6 Å². The molecule has 2 aliphatic heterocycles. The number of amides is 2. The van der Waals surface area contributed by atoms with Gasteiger partial charge in [-0.15, -0.1) is 0 Å². The second-order valence-electron chi connectivity index (χ2n) is 10.0. The molecule has 0 aromatic heterocycles. The summed E-state index contributed by atoms with van der Waals surface area (Å²) < 4.78 is 34.3. The van der Waals surface area contributed by atoms with Crippen molar-refractivity contribution in [1.29, 1.82) is 0 Å². The Morgan fingerprint density at radius 2 is 1.75 bits per heavy atom. The number of rotatable bonds is 6. The van der Waals surface area contributed by atoms with E-state index in [1.807, 2.05) is 37.4 Å². The third-order valence-electron chi connectivity index (χ3n) is 7.30. The van der Waals surface area contributed by atoms with E-state index < -0.39 is 29.9 Å². The number of hydrogen-bond acceptors (Lipinski definition) is 4. The molecular formula is C28H31F2N3O3. The molecule has 8 heteroatoms. The molecule has 6 nitrogen and oxygen atoms in total. The number of likely N-dealkylation sites (tertiary alicyclic amines) is 1. The summed E-state index contributed by atoms with van der Waals surface area (Å²) in [6.45, 7) is 1.89. The van der Waals surface area contributed by atoms with Gasteiger partial charge in [-0.2, -0.15) is 0 Å². The van der Waals surface area contributed by atoms with Crippen LogP contribution in [0.25, 0.3) is 5.57 Å². The number of ether oxygens (including phenoxy) is 1. The Morgan fingerprint density at radius 3 is 2.44 bits per heavy atom. The molecule has 2 atom stereocenters. The molecule has 0 radical (unpaired) electrons. The molecule has 2 heterocycles. The number of nitrogens with one attached hydrogen (secondary N) is 1. The van der Waals surface area contributed by atoms with Crippen molar-refractivity contribution < 1.29 is 23.1 Å². The van der Waals surface area contributed by atoms with E-state index in [9.17, 15) is 18.4 Å². The van der Waals surface area contributed by atoms with Gasteiger partial charge in [0, 0.05) is 24.1 Å². The third kappa shape index (κ3) is 5.43. The highest BCUT2D eigenvalue weighted by Crippen LogP contribution is 2.40. The largest absolute Gasteiger partial charge is 0.436 e. The van der Waals surface area contributed by atoms with Gasteiger partial charge in [-0.3, -0.25) is 4.79 Å². The first-order valence-corrected chi connectivity index (χ1v) is 12.6. The number of piperidine rings is 1. The van der Waals surface area contributed by atoms with Crippen molar-refractivity contribution in [2.24, 2.45) is 5.92 Å². The van der Waals surface area contributed by atoms with Crippen molar-refractivity contribution in [2.75, 3.05) is 26.7 Å². The second kappa shape index (κ2) is 10.4. The Bertz CT molecular complexity index is 1140. The molecule has 1 aliphatic carbocycles. The molecule has 2 fully saturated rings. The fourth-order valence-electron chi connectivity index (χ4n) is 5.05. The maximum Gasteiger partial charge on any atom is 0.408 e. The van der Waals surface area contributed by atoms with Crippen LogP contribution in [0.1, 0.15) is 42.9 Å². The zero-order valence-corrected chi connectivity index (χ0v) is 20.3. The molecule has 0 bridgehead atoms. The van der Waals surface area contributed by atoms with E-state index >= 15 is 0 Å². The first-order chi connectivity index (χ1) is 17.4. The summed E-state index contributed by atoms with van der Waals surface area (Å²) in [5.74, 6) is -1.44. The third-order valence-corrected chi connectivity index (χ3v) is 7.30. The number of carbonyl (C=O) groups is 2. The maximum absolute atomic E-state index is 14.6. The molecule has 1 saturated carbocycles. The van der Waals surface area contributed by atoms with Gasteiger partial charge in [0.25, 0.3) is 5.91 Å². The van der Waals surface area contributed by atoms with Gasteiger partial charge in [0.2, 0.25) is 0 Å². The van der Waals surface area contributed by atoms with Crippen LogP contribution in [-0.4, -0.2) is 60.6 Å². The molecule has 190 valence electrons. The molecule has 1 saturated heterocycles. The lowest BCUT2D eigenvalue weighted by molar-refractivity contribution is -0.142. The lowest BCUT2D eigenvalue weighted by atomic mass is 10.0. The molecule has 3 aliphatic rings. The topological polar surface area (TPSA) is 61.9 Å². The summed E-state index contributed by atoms with van der Waals surface area (Å²) in [4.78, 5) is 30.4. The number of hydrogen-bond donors (Lipinski definition) is 1. The van der Waals surface area contributed by atoms with E-state index in [-0.39, 0.29) is 30.0 Å². The molecular weight excluding hydrogens is 464 g/mol. The number of alkyl carbamates (subject to hydrolysis) is 1. The highest BCUT2D eigenvalue weighted by molar-refractivity contribution is 5.88. The molecule has 1 unspecified atom stereocenters.